The van der Waals surface area contributed by atoms with Gasteiger partial charge in [0.1, 0.15) is 0 Å². The van der Waals surface area contributed by atoms with E-state index in [1.807, 2.05) is 13.8 Å². The Morgan fingerprint density at radius 1 is 1.37 bits per heavy atom. The molecule has 0 saturated carbocycles. The molecule has 10 heteroatoms. The van der Waals surface area contributed by atoms with Crippen LogP contribution in [0.4, 0.5) is 13.2 Å². The number of likely N-dealkylation sites (tertiary alicyclic amines) is 1. The summed E-state index contributed by atoms with van der Waals surface area (Å²) >= 11 is 0. The second kappa shape index (κ2) is 7.41. The summed E-state index contributed by atoms with van der Waals surface area (Å²) in [6.07, 6.45) is -2.57. The highest BCUT2D eigenvalue weighted by Crippen LogP contribution is 2.40. The molecule has 1 fully saturated rings. The lowest BCUT2D eigenvalue weighted by Gasteiger charge is -2.31. The number of rotatable bonds is 3. The molecular weight excluding hydrogens is 399 g/mol. The van der Waals surface area contributed by atoms with Crippen LogP contribution < -0.4 is 0 Å². The van der Waals surface area contributed by atoms with Crippen LogP contribution in [0.3, 0.4) is 0 Å². The van der Waals surface area contributed by atoms with Crippen molar-refractivity contribution in [3.8, 4) is 0 Å². The quantitative estimate of drug-likeness (QED) is 0.686. The molecule has 0 spiro atoms. The maximum Gasteiger partial charge on any atom is 0.417 e. The van der Waals surface area contributed by atoms with E-state index >= 15 is 0 Å². The SMILES string of the molecule is CCc1[nH]nc(C(=O)N2CCC[C@@H](c3noc4nc(C)cc(C(F)(F)F)c34)C2)c1C. The molecule has 1 aliphatic heterocycles. The molecule has 0 radical (unpaired) electrons. The summed E-state index contributed by atoms with van der Waals surface area (Å²) < 4.78 is 46.1. The van der Waals surface area contributed by atoms with Crippen LogP contribution in [0.5, 0.6) is 0 Å². The first kappa shape index (κ1) is 20.4. The van der Waals surface area contributed by atoms with E-state index < -0.39 is 11.7 Å². The molecule has 1 N–H and O–H groups in total. The van der Waals surface area contributed by atoms with Gasteiger partial charge in [-0.25, -0.2) is 4.98 Å². The van der Waals surface area contributed by atoms with E-state index in [1.165, 1.54) is 6.92 Å². The summed E-state index contributed by atoms with van der Waals surface area (Å²) in [7, 11) is 0. The van der Waals surface area contributed by atoms with Gasteiger partial charge in [0.05, 0.1) is 16.6 Å². The van der Waals surface area contributed by atoms with Crippen LogP contribution in [-0.2, 0) is 12.6 Å². The van der Waals surface area contributed by atoms with E-state index in [4.69, 9.17) is 4.52 Å². The van der Waals surface area contributed by atoms with Crippen molar-refractivity contribution in [2.75, 3.05) is 13.1 Å². The van der Waals surface area contributed by atoms with Gasteiger partial charge in [0.2, 0.25) is 0 Å². The molecule has 0 unspecified atom stereocenters. The smallest absolute Gasteiger partial charge is 0.337 e. The topological polar surface area (TPSA) is 87.9 Å². The first-order chi connectivity index (χ1) is 14.2. The minimum absolute atomic E-state index is 0.114. The van der Waals surface area contributed by atoms with Crippen molar-refractivity contribution in [3.63, 3.8) is 0 Å². The number of hydrogen-bond donors (Lipinski definition) is 1. The van der Waals surface area contributed by atoms with Gasteiger partial charge in [0.25, 0.3) is 11.6 Å². The Balaban J connectivity index is 1.68. The van der Waals surface area contributed by atoms with Crippen molar-refractivity contribution >= 4 is 17.0 Å². The number of carbonyl (C=O) groups excluding carboxylic acids is 1. The van der Waals surface area contributed by atoms with E-state index in [2.05, 4.69) is 20.3 Å². The van der Waals surface area contributed by atoms with E-state index in [9.17, 15) is 18.0 Å². The molecule has 4 heterocycles. The number of fused-ring (bicyclic) bond motifs is 1. The number of aryl methyl sites for hydroxylation is 2. The van der Waals surface area contributed by atoms with Crippen LogP contribution in [0.25, 0.3) is 11.1 Å². The van der Waals surface area contributed by atoms with Crippen LogP contribution in [-0.4, -0.2) is 44.2 Å². The predicted molar refractivity (Wildman–Crippen MR) is 102 cm³/mol. The van der Waals surface area contributed by atoms with Gasteiger partial charge < -0.3 is 9.42 Å². The first-order valence-electron chi connectivity index (χ1n) is 9.88. The second-order valence-corrected chi connectivity index (χ2v) is 7.68. The molecule has 3 aromatic rings. The third-order valence-electron chi connectivity index (χ3n) is 5.67. The number of alkyl halides is 3. The molecule has 1 saturated heterocycles. The molecule has 7 nitrogen and oxygen atoms in total. The Bertz CT molecular complexity index is 1100. The lowest BCUT2D eigenvalue weighted by atomic mass is 9.91. The molecular formula is C20H22F3N5O2. The average Bonchev–Trinajstić information content (AvgIpc) is 3.29. The van der Waals surface area contributed by atoms with E-state index in [1.54, 1.807) is 4.90 Å². The number of nitrogens with zero attached hydrogens (tertiary/aromatic N) is 4. The molecule has 0 bridgehead atoms. The Kier molecular flexibility index (Phi) is 5.03. The highest BCUT2D eigenvalue weighted by Gasteiger charge is 2.38. The maximum absolute atomic E-state index is 13.7. The summed E-state index contributed by atoms with van der Waals surface area (Å²) in [6.45, 7) is 6.05. The minimum Gasteiger partial charge on any atom is -0.337 e. The number of aromatic amines is 1. The lowest BCUT2D eigenvalue weighted by Crippen LogP contribution is -2.39. The molecule has 1 aliphatic rings. The number of hydrogen-bond acceptors (Lipinski definition) is 5. The van der Waals surface area contributed by atoms with Gasteiger partial charge in [-0.2, -0.15) is 18.3 Å². The fourth-order valence-electron chi connectivity index (χ4n) is 4.12. The average molecular weight is 421 g/mol. The van der Waals surface area contributed by atoms with Crippen molar-refractivity contribution < 1.29 is 22.5 Å². The van der Waals surface area contributed by atoms with Crippen molar-refractivity contribution in [1.82, 2.24) is 25.2 Å². The summed E-state index contributed by atoms with van der Waals surface area (Å²) in [6, 6.07) is 1.01. The molecule has 4 rings (SSSR count). The summed E-state index contributed by atoms with van der Waals surface area (Å²) in [5, 5.41) is 10.8. The summed E-state index contributed by atoms with van der Waals surface area (Å²) in [4.78, 5) is 18.7. The largest absolute Gasteiger partial charge is 0.417 e. The van der Waals surface area contributed by atoms with Gasteiger partial charge >= 0.3 is 6.18 Å². The monoisotopic (exact) mass is 421 g/mol. The van der Waals surface area contributed by atoms with Gasteiger partial charge in [0, 0.05) is 36.0 Å². The van der Waals surface area contributed by atoms with Gasteiger partial charge in [0.15, 0.2) is 5.69 Å². The fraction of sp³-hybridized carbons (Fsp3) is 0.500. The highest BCUT2D eigenvalue weighted by molar-refractivity contribution is 5.94. The molecule has 1 atom stereocenters. The standard InChI is InChI=1S/C20H22F3N5O2/c1-4-14-11(3)16(26-25-14)19(29)28-7-5-6-12(9-28)17-15-13(20(21,22)23)8-10(2)24-18(15)30-27-17/h8,12H,4-7,9H2,1-3H3,(H,25,26)/t12-/m1/s1. The number of aromatic nitrogens is 4. The Labute approximate surface area is 170 Å². The third-order valence-corrected chi connectivity index (χ3v) is 5.67. The Hall–Kier alpha value is -2.91. The minimum atomic E-state index is -4.56. The van der Waals surface area contributed by atoms with Crippen molar-refractivity contribution in [1.29, 1.82) is 0 Å². The van der Waals surface area contributed by atoms with Crippen LogP contribution >= 0.6 is 0 Å². The van der Waals surface area contributed by atoms with E-state index in [0.29, 0.717) is 25.1 Å². The molecule has 1 amide bonds. The number of H-pyrrole nitrogens is 1. The zero-order valence-electron chi connectivity index (χ0n) is 16.9. The summed E-state index contributed by atoms with van der Waals surface area (Å²) in [5.74, 6) is -0.606. The number of halogens is 3. The summed E-state index contributed by atoms with van der Waals surface area (Å²) in [5.41, 5.74) is 1.53. The molecule has 160 valence electrons. The van der Waals surface area contributed by atoms with E-state index in [0.717, 1.165) is 23.7 Å². The van der Waals surface area contributed by atoms with Crippen molar-refractivity contribution in [2.24, 2.45) is 0 Å². The van der Waals surface area contributed by atoms with Gasteiger partial charge in [-0.1, -0.05) is 12.1 Å². The molecule has 0 aromatic carbocycles. The van der Waals surface area contributed by atoms with Gasteiger partial charge in [-0.15, -0.1) is 0 Å². The molecule has 0 aliphatic carbocycles. The maximum atomic E-state index is 13.7. The van der Waals surface area contributed by atoms with Crippen molar-refractivity contribution in [3.05, 3.63) is 40.0 Å². The van der Waals surface area contributed by atoms with Crippen molar-refractivity contribution in [2.45, 2.75) is 52.1 Å². The predicted octanol–water partition coefficient (Wildman–Crippen LogP) is 4.16. The normalized spacial score (nSPS) is 17.7. The Morgan fingerprint density at radius 3 is 2.80 bits per heavy atom. The van der Waals surface area contributed by atoms with E-state index in [-0.39, 0.29) is 40.9 Å². The lowest BCUT2D eigenvalue weighted by molar-refractivity contribution is -0.136. The van der Waals surface area contributed by atoms with Crippen LogP contribution in [0.15, 0.2) is 10.6 Å². The van der Waals surface area contributed by atoms with Crippen LogP contribution in [0, 0.1) is 13.8 Å². The third kappa shape index (κ3) is 3.44. The number of nitrogens with one attached hydrogen (secondary N) is 1. The number of pyridine rings is 1. The number of carbonyl (C=O) groups is 1. The number of amides is 1. The Morgan fingerprint density at radius 2 is 2.13 bits per heavy atom. The zero-order valence-corrected chi connectivity index (χ0v) is 16.9. The molecule has 3 aromatic heterocycles. The van der Waals surface area contributed by atoms with Gasteiger partial charge in [-0.3, -0.25) is 9.89 Å². The highest BCUT2D eigenvalue weighted by atomic mass is 19.4. The zero-order chi connectivity index (χ0) is 21.6. The first-order valence-corrected chi connectivity index (χ1v) is 9.88. The second-order valence-electron chi connectivity index (χ2n) is 7.68. The van der Waals surface area contributed by atoms with Gasteiger partial charge in [-0.05, 0) is 39.2 Å². The number of piperidine rings is 1. The molecule has 30 heavy (non-hydrogen) atoms. The van der Waals surface area contributed by atoms with Crippen LogP contribution in [0.2, 0.25) is 0 Å². The fourth-order valence-corrected chi connectivity index (χ4v) is 4.12. The van der Waals surface area contributed by atoms with Crippen LogP contribution in [0.1, 0.15) is 64.4 Å².